The van der Waals surface area contributed by atoms with Crippen LogP contribution >= 0.6 is 0 Å². The van der Waals surface area contributed by atoms with Crippen LogP contribution in [0.1, 0.15) is 26.2 Å². The maximum Gasteiger partial charge on any atom is 0.214 e. The Balaban J connectivity index is 2.45. The van der Waals surface area contributed by atoms with E-state index < -0.39 is 16.1 Å². The normalized spacial score (nSPS) is 24.8. The van der Waals surface area contributed by atoms with Gasteiger partial charge in [0.05, 0.1) is 11.9 Å². The van der Waals surface area contributed by atoms with E-state index in [2.05, 4.69) is 0 Å². The molecule has 1 heterocycles. The molecule has 0 amide bonds. The van der Waals surface area contributed by atoms with Gasteiger partial charge in [-0.25, -0.2) is 8.42 Å². The van der Waals surface area contributed by atoms with Gasteiger partial charge < -0.3 is 5.11 Å². The van der Waals surface area contributed by atoms with E-state index in [1.54, 1.807) is 0 Å². The van der Waals surface area contributed by atoms with Gasteiger partial charge in [-0.05, 0) is 12.8 Å². The van der Waals surface area contributed by atoms with Crippen LogP contribution in [0.15, 0.2) is 0 Å². The Morgan fingerprint density at radius 2 is 2.23 bits per heavy atom. The summed E-state index contributed by atoms with van der Waals surface area (Å²) in [5.41, 5.74) is 0. The summed E-state index contributed by atoms with van der Waals surface area (Å²) in [6, 6.07) is 0. The number of hydrogen-bond donors (Lipinski definition) is 1. The van der Waals surface area contributed by atoms with E-state index in [0.29, 0.717) is 19.4 Å². The third-order valence-corrected chi connectivity index (χ3v) is 4.16. The molecule has 1 saturated heterocycles. The monoisotopic (exact) mass is 207 g/mol. The highest BCUT2D eigenvalue weighted by molar-refractivity contribution is 7.89. The molecule has 0 saturated carbocycles. The van der Waals surface area contributed by atoms with Crippen molar-refractivity contribution in [2.24, 2.45) is 0 Å². The summed E-state index contributed by atoms with van der Waals surface area (Å²) in [5, 5.41) is 9.44. The van der Waals surface area contributed by atoms with Crippen LogP contribution in [-0.2, 0) is 10.0 Å². The number of aliphatic hydroxyl groups is 1. The van der Waals surface area contributed by atoms with Gasteiger partial charge >= 0.3 is 0 Å². The first-order chi connectivity index (χ1) is 6.06. The van der Waals surface area contributed by atoms with Gasteiger partial charge in [0.2, 0.25) is 10.0 Å². The summed E-state index contributed by atoms with van der Waals surface area (Å²) in [6.45, 7) is 2.82. The summed E-state index contributed by atoms with van der Waals surface area (Å²) >= 11 is 0. The predicted molar refractivity (Wildman–Crippen MR) is 50.9 cm³/mol. The van der Waals surface area contributed by atoms with Gasteiger partial charge in [-0.3, -0.25) is 0 Å². The standard InChI is InChI=1S/C8H17NO3S/c1-2-4-8(10)7-9-5-3-6-13(9,11)12/h8,10H,2-7H2,1H3. The lowest BCUT2D eigenvalue weighted by molar-refractivity contribution is 0.138. The molecule has 0 aromatic heterocycles. The minimum absolute atomic E-state index is 0.242. The highest BCUT2D eigenvalue weighted by Crippen LogP contribution is 2.14. The van der Waals surface area contributed by atoms with Crippen LogP contribution in [0.4, 0.5) is 0 Å². The molecule has 1 fully saturated rings. The van der Waals surface area contributed by atoms with E-state index in [-0.39, 0.29) is 12.3 Å². The Morgan fingerprint density at radius 1 is 1.54 bits per heavy atom. The van der Waals surface area contributed by atoms with Crippen molar-refractivity contribution in [2.75, 3.05) is 18.8 Å². The molecule has 0 aromatic carbocycles. The quantitative estimate of drug-likeness (QED) is 0.715. The Hall–Kier alpha value is -0.130. The minimum atomic E-state index is -3.03. The first-order valence-electron chi connectivity index (χ1n) is 4.72. The molecule has 1 aliphatic heterocycles. The number of sulfonamides is 1. The van der Waals surface area contributed by atoms with E-state index in [1.807, 2.05) is 6.92 Å². The van der Waals surface area contributed by atoms with Gasteiger partial charge in [-0.2, -0.15) is 4.31 Å². The van der Waals surface area contributed by atoms with Gasteiger partial charge in [0.1, 0.15) is 0 Å². The lowest BCUT2D eigenvalue weighted by Crippen LogP contribution is -2.33. The molecule has 1 atom stereocenters. The zero-order valence-corrected chi connectivity index (χ0v) is 8.76. The summed E-state index contributed by atoms with van der Waals surface area (Å²) in [5.74, 6) is 0.242. The Kier molecular flexibility index (Phi) is 3.70. The van der Waals surface area contributed by atoms with Gasteiger partial charge in [0.15, 0.2) is 0 Å². The molecule has 1 unspecified atom stereocenters. The molecule has 78 valence electrons. The summed E-state index contributed by atoms with van der Waals surface area (Å²) < 4.78 is 24.0. The zero-order chi connectivity index (χ0) is 9.90. The van der Waals surface area contributed by atoms with Gasteiger partial charge in [-0.1, -0.05) is 13.3 Å². The van der Waals surface area contributed by atoms with Crippen molar-refractivity contribution in [2.45, 2.75) is 32.3 Å². The molecule has 1 rings (SSSR count). The molecule has 4 nitrogen and oxygen atoms in total. The predicted octanol–water partition coefficient (Wildman–Crippen LogP) is 0.183. The van der Waals surface area contributed by atoms with Crippen molar-refractivity contribution in [1.82, 2.24) is 4.31 Å². The number of hydrogen-bond acceptors (Lipinski definition) is 3. The maximum atomic E-state index is 11.3. The molecule has 0 radical (unpaired) electrons. The molecule has 13 heavy (non-hydrogen) atoms. The molecule has 0 spiro atoms. The van der Waals surface area contributed by atoms with Crippen molar-refractivity contribution in [3.05, 3.63) is 0 Å². The third-order valence-electron chi connectivity index (χ3n) is 2.24. The summed E-state index contributed by atoms with van der Waals surface area (Å²) in [6.07, 6.45) is 1.75. The van der Waals surface area contributed by atoms with Crippen molar-refractivity contribution < 1.29 is 13.5 Å². The van der Waals surface area contributed by atoms with Gasteiger partial charge in [-0.15, -0.1) is 0 Å². The fourth-order valence-corrected chi connectivity index (χ4v) is 3.11. The zero-order valence-electron chi connectivity index (χ0n) is 7.94. The molecular weight excluding hydrogens is 190 g/mol. The molecular formula is C8H17NO3S. The largest absolute Gasteiger partial charge is 0.392 e. The van der Waals surface area contributed by atoms with Gasteiger partial charge in [0.25, 0.3) is 0 Å². The van der Waals surface area contributed by atoms with E-state index >= 15 is 0 Å². The number of β-amino-alcohol motifs (C(OH)–C–C–N with tert-alkyl or cyclic N) is 1. The van der Waals surface area contributed by atoms with Crippen LogP contribution in [-0.4, -0.2) is 42.8 Å². The number of nitrogens with zero attached hydrogens (tertiary/aromatic N) is 1. The smallest absolute Gasteiger partial charge is 0.214 e. The van der Waals surface area contributed by atoms with Crippen LogP contribution in [0, 0.1) is 0 Å². The summed E-state index contributed by atoms with van der Waals surface area (Å²) in [7, 11) is -3.03. The maximum absolute atomic E-state index is 11.3. The van der Waals surface area contributed by atoms with E-state index in [9.17, 15) is 13.5 Å². The van der Waals surface area contributed by atoms with Crippen molar-refractivity contribution in [1.29, 1.82) is 0 Å². The second-order valence-electron chi connectivity index (χ2n) is 3.47. The molecule has 5 heteroatoms. The molecule has 1 N–H and O–H groups in total. The topological polar surface area (TPSA) is 57.6 Å². The van der Waals surface area contributed by atoms with E-state index in [0.717, 1.165) is 6.42 Å². The molecule has 0 aliphatic carbocycles. The fourth-order valence-electron chi connectivity index (χ4n) is 1.56. The van der Waals surface area contributed by atoms with Crippen LogP contribution in [0.3, 0.4) is 0 Å². The molecule has 0 aromatic rings. The lowest BCUT2D eigenvalue weighted by atomic mass is 10.2. The molecule has 0 bridgehead atoms. The average Bonchev–Trinajstić information content (AvgIpc) is 2.31. The second-order valence-corrected chi connectivity index (χ2v) is 5.56. The second kappa shape index (κ2) is 4.39. The van der Waals surface area contributed by atoms with Crippen LogP contribution in [0.2, 0.25) is 0 Å². The Bertz CT molecular complexity index is 250. The third kappa shape index (κ3) is 2.93. The van der Waals surface area contributed by atoms with Gasteiger partial charge in [0, 0.05) is 13.1 Å². The van der Waals surface area contributed by atoms with E-state index in [1.165, 1.54) is 4.31 Å². The first kappa shape index (κ1) is 10.9. The average molecular weight is 207 g/mol. The highest BCUT2D eigenvalue weighted by Gasteiger charge is 2.29. The lowest BCUT2D eigenvalue weighted by Gasteiger charge is -2.17. The van der Waals surface area contributed by atoms with Crippen molar-refractivity contribution in [3.8, 4) is 0 Å². The fraction of sp³-hybridized carbons (Fsp3) is 1.00. The Labute approximate surface area is 79.6 Å². The number of rotatable bonds is 4. The Morgan fingerprint density at radius 3 is 2.69 bits per heavy atom. The molecule has 1 aliphatic rings. The first-order valence-corrected chi connectivity index (χ1v) is 6.33. The SMILES string of the molecule is CCCC(O)CN1CCCS1(=O)=O. The van der Waals surface area contributed by atoms with Crippen LogP contribution in [0.5, 0.6) is 0 Å². The minimum Gasteiger partial charge on any atom is -0.392 e. The van der Waals surface area contributed by atoms with Crippen LogP contribution in [0.25, 0.3) is 0 Å². The van der Waals surface area contributed by atoms with Crippen LogP contribution < -0.4 is 0 Å². The van der Waals surface area contributed by atoms with Crippen molar-refractivity contribution in [3.63, 3.8) is 0 Å². The van der Waals surface area contributed by atoms with E-state index in [4.69, 9.17) is 0 Å². The number of aliphatic hydroxyl groups excluding tert-OH is 1. The highest BCUT2D eigenvalue weighted by atomic mass is 32.2. The van der Waals surface area contributed by atoms with Crippen molar-refractivity contribution >= 4 is 10.0 Å². The summed E-state index contributed by atoms with van der Waals surface area (Å²) in [4.78, 5) is 0.